The summed E-state index contributed by atoms with van der Waals surface area (Å²) in [5.74, 6) is 0.548. The fraction of sp³-hybridized carbons (Fsp3) is 0.278. The van der Waals surface area contributed by atoms with Crippen LogP contribution in [-0.2, 0) is 4.79 Å². The Balaban J connectivity index is 2.08. The Kier molecular flexibility index (Phi) is 4.63. The maximum atomic E-state index is 12.3. The minimum Gasteiger partial charge on any atom is -0.481 e. The molecule has 3 nitrogen and oxygen atoms in total. The van der Waals surface area contributed by atoms with Crippen LogP contribution in [0.5, 0.6) is 5.75 Å². The molecule has 3 heteroatoms. The molecular formula is C18H21NO2. The molecule has 0 heterocycles. The highest BCUT2D eigenvalue weighted by Gasteiger charge is 2.16. The molecule has 1 amide bonds. The van der Waals surface area contributed by atoms with Gasteiger partial charge in [-0.15, -0.1) is 0 Å². The summed E-state index contributed by atoms with van der Waals surface area (Å²) in [6.45, 7) is 7.80. The van der Waals surface area contributed by atoms with Gasteiger partial charge < -0.3 is 10.1 Å². The summed E-state index contributed by atoms with van der Waals surface area (Å²) in [6, 6.07) is 13.5. The Bertz CT molecular complexity index is 612. The number of ether oxygens (including phenoxy) is 1. The van der Waals surface area contributed by atoms with E-state index in [1.54, 1.807) is 6.92 Å². The van der Waals surface area contributed by atoms with E-state index in [1.807, 2.05) is 51.1 Å². The van der Waals surface area contributed by atoms with E-state index in [2.05, 4.69) is 17.4 Å². The number of carbonyl (C=O) groups is 1. The molecule has 21 heavy (non-hydrogen) atoms. The van der Waals surface area contributed by atoms with Crippen LogP contribution in [0, 0.1) is 20.8 Å². The molecule has 0 aromatic heterocycles. The van der Waals surface area contributed by atoms with Gasteiger partial charge in [0.25, 0.3) is 5.91 Å². The maximum absolute atomic E-state index is 12.3. The fourth-order valence-corrected chi connectivity index (χ4v) is 2.36. The second-order valence-corrected chi connectivity index (χ2v) is 5.34. The highest BCUT2D eigenvalue weighted by atomic mass is 16.5. The summed E-state index contributed by atoms with van der Waals surface area (Å²) in [5, 5.41) is 2.96. The molecule has 1 unspecified atom stereocenters. The Morgan fingerprint density at radius 2 is 1.62 bits per heavy atom. The molecule has 1 N–H and O–H groups in total. The van der Waals surface area contributed by atoms with Gasteiger partial charge in [-0.2, -0.15) is 0 Å². The van der Waals surface area contributed by atoms with Gasteiger partial charge in [-0.25, -0.2) is 0 Å². The van der Waals surface area contributed by atoms with Gasteiger partial charge in [0.15, 0.2) is 6.10 Å². The molecule has 2 aromatic carbocycles. The third-order valence-corrected chi connectivity index (χ3v) is 3.35. The van der Waals surface area contributed by atoms with Gasteiger partial charge in [-0.05, 0) is 51.0 Å². The predicted molar refractivity (Wildman–Crippen MR) is 85.8 cm³/mol. The van der Waals surface area contributed by atoms with Gasteiger partial charge in [-0.3, -0.25) is 4.79 Å². The molecule has 0 aliphatic rings. The van der Waals surface area contributed by atoms with E-state index in [0.717, 1.165) is 16.8 Å². The predicted octanol–water partition coefficient (Wildman–Crippen LogP) is 4.02. The van der Waals surface area contributed by atoms with E-state index < -0.39 is 6.10 Å². The van der Waals surface area contributed by atoms with Crippen LogP contribution in [0.3, 0.4) is 0 Å². The largest absolute Gasteiger partial charge is 0.481 e. The van der Waals surface area contributed by atoms with Crippen LogP contribution in [0.2, 0.25) is 0 Å². The number of anilines is 1. The zero-order valence-electron chi connectivity index (χ0n) is 12.9. The normalized spacial score (nSPS) is 11.8. The lowest BCUT2D eigenvalue weighted by Crippen LogP contribution is -2.30. The number of hydrogen-bond donors (Lipinski definition) is 1. The standard InChI is InChI=1S/C18H21NO2/c1-12-10-13(2)17(14(3)11-12)19-18(20)15(4)21-16-8-6-5-7-9-16/h5-11,15H,1-4H3,(H,19,20). The minimum atomic E-state index is -0.549. The van der Waals surface area contributed by atoms with Crippen molar-refractivity contribution in [1.29, 1.82) is 0 Å². The van der Waals surface area contributed by atoms with Gasteiger partial charge in [0.1, 0.15) is 5.75 Å². The lowest BCUT2D eigenvalue weighted by molar-refractivity contribution is -0.122. The van der Waals surface area contributed by atoms with Gasteiger partial charge in [0.2, 0.25) is 0 Å². The van der Waals surface area contributed by atoms with Crippen LogP contribution in [0.1, 0.15) is 23.6 Å². The van der Waals surface area contributed by atoms with E-state index in [9.17, 15) is 4.79 Å². The van der Waals surface area contributed by atoms with Gasteiger partial charge >= 0.3 is 0 Å². The van der Waals surface area contributed by atoms with Crippen LogP contribution >= 0.6 is 0 Å². The Morgan fingerprint density at radius 3 is 2.19 bits per heavy atom. The molecule has 0 radical (unpaired) electrons. The molecule has 0 saturated carbocycles. The lowest BCUT2D eigenvalue weighted by Gasteiger charge is -2.17. The molecule has 1 atom stereocenters. The third kappa shape index (κ3) is 3.85. The maximum Gasteiger partial charge on any atom is 0.265 e. The highest BCUT2D eigenvalue weighted by Crippen LogP contribution is 2.22. The third-order valence-electron chi connectivity index (χ3n) is 3.35. The van der Waals surface area contributed by atoms with Crippen LogP contribution in [0.15, 0.2) is 42.5 Å². The second kappa shape index (κ2) is 6.44. The molecule has 0 bridgehead atoms. The van der Waals surface area contributed by atoms with Gasteiger partial charge in [-0.1, -0.05) is 35.9 Å². The zero-order chi connectivity index (χ0) is 15.4. The highest BCUT2D eigenvalue weighted by molar-refractivity contribution is 5.95. The van der Waals surface area contributed by atoms with Crippen molar-refractivity contribution in [2.45, 2.75) is 33.8 Å². The number of carbonyl (C=O) groups excluding carboxylic acids is 1. The summed E-state index contributed by atoms with van der Waals surface area (Å²) in [4.78, 5) is 12.3. The first kappa shape index (κ1) is 15.1. The SMILES string of the molecule is Cc1cc(C)c(NC(=O)C(C)Oc2ccccc2)c(C)c1. The van der Waals surface area contributed by atoms with E-state index in [4.69, 9.17) is 4.74 Å². The summed E-state index contributed by atoms with van der Waals surface area (Å²) in [6.07, 6.45) is -0.549. The molecule has 0 saturated heterocycles. The molecule has 0 aliphatic carbocycles. The number of nitrogens with one attached hydrogen (secondary N) is 1. The first-order valence-electron chi connectivity index (χ1n) is 7.08. The number of para-hydroxylation sites is 1. The number of amides is 1. The van der Waals surface area contributed by atoms with Crippen molar-refractivity contribution in [3.8, 4) is 5.75 Å². The minimum absolute atomic E-state index is 0.145. The number of aryl methyl sites for hydroxylation is 3. The van der Waals surface area contributed by atoms with Crippen molar-refractivity contribution in [2.75, 3.05) is 5.32 Å². The number of rotatable bonds is 4. The number of benzene rings is 2. The van der Waals surface area contributed by atoms with Gasteiger partial charge in [0.05, 0.1) is 0 Å². The smallest absolute Gasteiger partial charge is 0.265 e. The molecule has 0 fully saturated rings. The second-order valence-electron chi connectivity index (χ2n) is 5.34. The van der Waals surface area contributed by atoms with Crippen molar-refractivity contribution in [1.82, 2.24) is 0 Å². The lowest BCUT2D eigenvalue weighted by atomic mass is 10.0. The molecule has 0 spiro atoms. The summed E-state index contributed by atoms with van der Waals surface area (Å²) < 4.78 is 5.64. The monoisotopic (exact) mass is 283 g/mol. The molecule has 110 valence electrons. The van der Waals surface area contributed by atoms with Crippen LogP contribution in [-0.4, -0.2) is 12.0 Å². The van der Waals surface area contributed by atoms with Crippen LogP contribution < -0.4 is 10.1 Å². The van der Waals surface area contributed by atoms with E-state index in [0.29, 0.717) is 5.75 Å². The first-order chi connectivity index (χ1) is 9.97. The summed E-state index contributed by atoms with van der Waals surface area (Å²) in [5.41, 5.74) is 4.19. The molecule has 2 aromatic rings. The van der Waals surface area contributed by atoms with Crippen molar-refractivity contribution >= 4 is 11.6 Å². The van der Waals surface area contributed by atoms with E-state index in [-0.39, 0.29) is 5.91 Å². The molecular weight excluding hydrogens is 262 g/mol. The average molecular weight is 283 g/mol. The Hall–Kier alpha value is -2.29. The first-order valence-corrected chi connectivity index (χ1v) is 7.08. The summed E-state index contributed by atoms with van der Waals surface area (Å²) in [7, 11) is 0. The average Bonchev–Trinajstić information content (AvgIpc) is 2.43. The van der Waals surface area contributed by atoms with Crippen LogP contribution in [0.4, 0.5) is 5.69 Å². The topological polar surface area (TPSA) is 38.3 Å². The molecule has 0 aliphatic heterocycles. The molecule has 2 rings (SSSR count). The van der Waals surface area contributed by atoms with Crippen LogP contribution in [0.25, 0.3) is 0 Å². The number of hydrogen-bond acceptors (Lipinski definition) is 2. The van der Waals surface area contributed by atoms with Crippen molar-refractivity contribution in [3.05, 3.63) is 59.2 Å². The van der Waals surface area contributed by atoms with Crippen molar-refractivity contribution < 1.29 is 9.53 Å². The Morgan fingerprint density at radius 1 is 1.05 bits per heavy atom. The fourth-order valence-electron chi connectivity index (χ4n) is 2.36. The van der Waals surface area contributed by atoms with E-state index >= 15 is 0 Å². The van der Waals surface area contributed by atoms with Crippen molar-refractivity contribution in [2.24, 2.45) is 0 Å². The zero-order valence-corrected chi connectivity index (χ0v) is 12.9. The van der Waals surface area contributed by atoms with Crippen molar-refractivity contribution in [3.63, 3.8) is 0 Å². The summed E-state index contributed by atoms with van der Waals surface area (Å²) >= 11 is 0. The van der Waals surface area contributed by atoms with Gasteiger partial charge in [0, 0.05) is 5.69 Å². The quantitative estimate of drug-likeness (QED) is 0.920. The Labute approximate surface area is 126 Å². The van der Waals surface area contributed by atoms with E-state index in [1.165, 1.54) is 5.56 Å².